The highest BCUT2D eigenvalue weighted by molar-refractivity contribution is 4.80. The van der Waals surface area contributed by atoms with Crippen molar-refractivity contribution >= 4 is 0 Å². The molecule has 0 saturated heterocycles. The summed E-state index contributed by atoms with van der Waals surface area (Å²) >= 11 is 0. The van der Waals surface area contributed by atoms with E-state index < -0.39 is 0 Å². The Bertz CT molecular complexity index is 244. The summed E-state index contributed by atoms with van der Waals surface area (Å²) in [6, 6.07) is 0.581. The van der Waals surface area contributed by atoms with Crippen LogP contribution < -0.4 is 5.73 Å². The quantitative estimate of drug-likeness (QED) is 0.737. The lowest BCUT2D eigenvalue weighted by molar-refractivity contribution is 0.271. The van der Waals surface area contributed by atoms with E-state index in [0.29, 0.717) is 12.0 Å². The van der Waals surface area contributed by atoms with Crippen LogP contribution in [0.1, 0.15) is 31.7 Å². The highest BCUT2D eigenvalue weighted by Gasteiger charge is 2.21. The molecule has 72 valence electrons. The maximum atomic E-state index is 5.68. The Labute approximate surface area is 78.1 Å². The third kappa shape index (κ3) is 1.88. The van der Waals surface area contributed by atoms with Crippen LogP contribution in [0, 0.1) is 5.92 Å². The molecule has 4 heteroatoms. The van der Waals surface area contributed by atoms with E-state index in [4.69, 9.17) is 5.73 Å². The molecule has 1 saturated carbocycles. The van der Waals surface area contributed by atoms with Crippen molar-refractivity contribution in [1.82, 2.24) is 14.8 Å². The van der Waals surface area contributed by atoms with Gasteiger partial charge in [-0.2, -0.15) is 0 Å². The summed E-state index contributed by atoms with van der Waals surface area (Å²) in [5, 5.41) is 7.66. The fourth-order valence-electron chi connectivity index (χ4n) is 2.14. The monoisotopic (exact) mass is 180 g/mol. The first kappa shape index (κ1) is 8.69. The maximum Gasteiger partial charge on any atom is 0.119 e. The Morgan fingerprint density at radius 1 is 1.31 bits per heavy atom. The third-order valence-electron chi connectivity index (χ3n) is 2.95. The Balaban J connectivity index is 2.00. The van der Waals surface area contributed by atoms with Gasteiger partial charge in [0.05, 0.1) is 0 Å². The van der Waals surface area contributed by atoms with Gasteiger partial charge in [0.25, 0.3) is 0 Å². The molecule has 2 rings (SSSR count). The highest BCUT2D eigenvalue weighted by Crippen LogP contribution is 2.31. The van der Waals surface area contributed by atoms with Gasteiger partial charge < -0.3 is 10.3 Å². The summed E-state index contributed by atoms with van der Waals surface area (Å²) in [6.07, 6.45) is 8.62. The Kier molecular flexibility index (Phi) is 2.59. The van der Waals surface area contributed by atoms with Gasteiger partial charge in [0.1, 0.15) is 12.7 Å². The van der Waals surface area contributed by atoms with E-state index in [9.17, 15) is 0 Å². The van der Waals surface area contributed by atoms with Crippen LogP contribution >= 0.6 is 0 Å². The molecule has 1 fully saturated rings. The molecule has 0 spiro atoms. The SMILES string of the molecule is NCC1CCCC(n2cnnc2)C1. The number of hydrogen-bond donors (Lipinski definition) is 1. The molecule has 0 radical (unpaired) electrons. The number of hydrogen-bond acceptors (Lipinski definition) is 3. The predicted molar refractivity (Wildman–Crippen MR) is 50.1 cm³/mol. The lowest BCUT2D eigenvalue weighted by atomic mass is 9.86. The lowest BCUT2D eigenvalue weighted by Gasteiger charge is -2.28. The molecule has 0 amide bonds. The first-order valence-electron chi connectivity index (χ1n) is 4.94. The number of rotatable bonds is 2. The zero-order valence-electron chi connectivity index (χ0n) is 7.76. The molecule has 1 heterocycles. The van der Waals surface area contributed by atoms with Gasteiger partial charge in [-0.25, -0.2) is 0 Å². The fraction of sp³-hybridized carbons (Fsp3) is 0.778. The average molecular weight is 180 g/mol. The third-order valence-corrected chi connectivity index (χ3v) is 2.95. The summed E-state index contributed by atoms with van der Waals surface area (Å²) in [4.78, 5) is 0. The molecule has 1 aliphatic rings. The Hall–Kier alpha value is -0.900. The number of nitrogens with zero attached hydrogens (tertiary/aromatic N) is 3. The molecule has 4 nitrogen and oxygen atoms in total. The van der Waals surface area contributed by atoms with Crippen LogP contribution in [-0.2, 0) is 0 Å². The zero-order valence-corrected chi connectivity index (χ0v) is 7.76. The minimum Gasteiger partial charge on any atom is -0.330 e. The first-order chi connectivity index (χ1) is 6.40. The summed E-state index contributed by atoms with van der Waals surface area (Å²) < 4.78 is 2.11. The minimum absolute atomic E-state index is 0.581. The highest BCUT2D eigenvalue weighted by atomic mass is 15.2. The topological polar surface area (TPSA) is 56.7 Å². The van der Waals surface area contributed by atoms with Gasteiger partial charge in [-0.3, -0.25) is 0 Å². The molecule has 1 aliphatic carbocycles. The van der Waals surface area contributed by atoms with Crippen molar-refractivity contribution in [3.63, 3.8) is 0 Å². The van der Waals surface area contributed by atoms with E-state index in [1.165, 1.54) is 25.7 Å². The Morgan fingerprint density at radius 3 is 2.77 bits per heavy atom. The van der Waals surface area contributed by atoms with E-state index in [0.717, 1.165) is 6.54 Å². The molecule has 1 aromatic rings. The summed E-state index contributed by atoms with van der Waals surface area (Å²) in [5.74, 6) is 0.696. The Morgan fingerprint density at radius 2 is 2.08 bits per heavy atom. The molecule has 2 atom stereocenters. The van der Waals surface area contributed by atoms with Crippen molar-refractivity contribution in [3.8, 4) is 0 Å². The smallest absolute Gasteiger partial charge is 0.119 e. The second kappa shape index (κ2) is 3.87. The van der Waals surface area contributed by atoms with Crippen LogP contribution in [0.15, 0.2) is 12.7 Å². The summed E-state index contributed by atoms with van der Waals surface area (Å²) in [7, 11) is 0. The van der Waals surface area contributed by atoms with Gasteiger partial charge in [-0.1, -0.05) is 6.42 Å². The molecule has 1 aromatic heterocycles. The van der Waals surface area contributed by atoms with E-state index in [2.05, 4.69) is 14.8 Å². The molecular formula is C9H16N4. The molecule has 0 aromatic carbocycles. The van der Waals surface area contributed by atoms with Crippen molar-refractivity contribution in [2.45, 2.75) is 31.7 Å². The van der Waals surface area contributed by atoms with Crippen LogP contribution in [-0.4, -0.2) is 21.3 Å². The van der Waals surface area contributed by atoms with E-state index in [1.807, 2.05) is 12.7 Å². The van der Waals surface area contributed by atoms with E-state index in [1.54, 1.807) is 0 Å². The minimum atomic E-state index is 0.581. The predicted octanol–water partition coefficient (Wildman–Crippen LogP) is 0.968. The van der Waals surface area contributed by atoms with Crippen LogP contribution in [0.5, 0.6) is 0 Å². The van der Waals surface area contributed by atoms with E-state index in [-0.39, 0.29) is 0 Å². The molecular weight excluding hydrogens is 164 g/mol. The average Bonchev–Trinajstić information content (AvgIpc) is 2.71. The van der Waals surface area contributed by atoms with Crippen LogP contribution in [0.3, 0.4) is 0 Å². The van der Waals surface area contributed by atoms with Crippen LogP contribution in [0.4, 0.5) is 0 Å². The van der Waals surface area contributed by atoms with Crippen molar-refractivity contribution in [2.75, 3.05) is 6.54 Å². The number of aromatic nitrogens is 3. The van der Waals surface area contributed by atoms with Gasteiger partial charge in [-0.15, -0.1) is 10.2 Å². The molecule has 0 bridgehead atoms. The molecule has 2 unspecified atom stereocenters. The second-order valence-electron chi connectivity index (χ2n) is 3.83. The zero-order chi connectivity index (χ0) is 9.10. The number of nitrogens with two attached hydrogens (primary N) is 1. The van der Waals surface area contributed by atoms with Crippen molar-refractivity contribution in [3.05, 3.63) is 12.7 Å². The molecule has 2 N–H and O–H groups in total. The van der Waals surface area contributed by atoms with Crippen molar-refractivity contribution in [1.29, 1.82) is 0 Å². The standard InChI is InChI=1S/C9H16N4/c10-5-8-2-1-3-9(4-8)13-6-11-12-7-13/h6-9H,1-5,10H2. The molecule has 13 heavy (non-hydrogen) atoms. The van der Waals surface area contributed by atoms with Gasteiger partial charge in [0, 0.05) is 6.04 Å². The largest absolute Gasteiger partial charge is 0.330 e. The van der Waals surface area contributed by atoms with E-state index >= 15 is 0 Å². The molecule has 0 aliphatic heterocycles. The van der Waals surface area contributed by atoms with Gasteiger partial charge >= 0.3 is 0 Å². The van der Waals surface area contributed by atoms with Gasteiger partial charge in [0.15, 0.2) is 0 Å². The summed E-state index contributed by atoms with van der Waals surface area (Å²) in [6.45, 7) is 0.818. The fourth-order valence-corrected chi connectivity index (χ4v) is 2.14. The van der Waals surface area contributed by atoms with Gasteiger partial charge in [-0.05, 0) is 31.7 Å². The van der Waals surface area contributed by atoms with Crippen LogP contribution in [0.2, 0.25) is 0 Å². The summed E-state index contributed by atoms with van der Waals surface area (Å²) in [5.41, 5.74) is 5.68. The van der Waals surface area contributed by atoms with Crippen LogP contribution in [0.25, 0.3) is 0 Å². The van der Waals surface area contributed by atoms with Crippen molar-refractivity contribution in [2.24, 2.45) is 11.7 Å². The normalized spacial score (nSPS) is 29.0. The lowest BCUT2D eigenvalue weighted by Crippen LogP contribution is -2.24. The van der Waals surface area contributed by atoms with Crippen molar-refractivity contribution < 1.29 is 0 Å². The first-order valence-corrected chi connectivity index (χ1v) is 4.94. The van der Waals surface area contributed by atoms with Gasteiger partial charge in [0.2, 0.25) is 0 Å². The second-order valence-corrected chi connectivity index (χ2v) is 3.83. The maximum absolute atomic E-state index is 5.68.